The number of rotatable bonds is 3. The van der Waals surface area contributed by atoms with Crippen LogP contribution in [-0.4, -0.2) is 41.4 Å². The fourth-order valence-electron chi connectivity index (χ4n) is 3.29. The van der Waals surface area contributed by atoms with Gasteiger partial charge in [-0.1, -0.05) is 36.4 Å². The lowest BCUT2D eigenvalue weighted by atomic mass is 10.0. The van der Waals surface area contributed by atoms with Crippen molar-refractivity contribution in [1.82, 2.24) is 10.2 Å². The molecule has 1 saturated heterocycles. The summed E-state index contributed by atoms with van der Waals surface area (Å²) in [4.78, 5) is 27.2. The van der Waals surface area contributed by atoms with Crippen LogP contribution in [0.3, 0.4) is 0 Å². The molecule has 2 aromatic carbocycles. The van der Waals surface area contributed by atoms with E-state index in [1.165, 1.54) is 0 Å². The molecule has 2 aromatic rings. The molecule has 2 atom stereocenters. The molecule has 0 bridgehead atoms. The normalized spacial score (nSPS) is 20.6. The van der Waals surface area contributed by atoms with Crippen molar-refractivity contribution in [3.8, 4) is 0 Å². The zero-order chi connectivity index (χ0) is 17.3. The van der Waals surface area contributed by atoms with Crippen LogP contribution >= 0.6 is 0 Å². The Kier molecular flexibility index (Phi) is 4.53. The second-order valence-corrected chi connectivity index (χ2v) is 6.66. The number of nitrogens with one attached hydrogen (secondary N) is 1. The lowest BCUT2D eigenvalue weighted by Gasteiger charge is -2.25. The van der Waals surface area contributed by atoms with Crippen LogP contribution in [0.15, 0.2) is 42.5 Å². The standard InChI is InChI=1S/C19H23N3O2/c1-12(2)21-18(23)17-10-14(20)11-22(17)19(24)16-9-5-7-13-6-3-4-8-15(13)16/h3-9,12,14,17H,10-11,20H2,1-2H3,(H,21,23)/t14-,17-/m0/s1. The fourth-order valence-corrected chi connectivity index (χ4v) is 3.29. The Balaban J connectivity index is 1.93. The zero-order valence-corrected chi connectivity index (χ0v) is 14.0. The molecule has 126 valence electrons. The summed E-state index contributed by atoms with van der Waals surface area (Å²) in [5.74, 6) is -0.268. The van der Waals surface area contributed by atoms with Crippen LogP contribution in [0.2, 0.25) is 0 Å². The van der Waals surface area contributed by atoms with Crippen molar-refractivity contribution < 1.29 is 9.59 Å². The Labute approximate surface area is 141 Å². The number of amides is 2. The lowest BCUT2D eigenvalue weighted by molar-refractivity contribution is -0.125. The summed E-state index contributed by atoms with van der Waals surface area (Å²) >= 11 is 0. The number of carbonyl (C=O) groups is 2. The average molecular weight is 325 g/mol. The molecule has 0 radical (unpaired) electrons. The molecule has 0 unspecified atom stereocenters. The largest absolute Gasteiger partial charge is 0.352 e. The predicted molar refractivity (Wildman–Crippen MR) is 94.6 cm³/mol. The van der Waals surface area contributed by atoms with E-state index in [1.807, 2.05) is 56.3 Å². The molecule has 3 rings (SSSR count). The number of nitrogens with zero attached hydrogens (tertiary/aromatic N) is 1. The van der Waals surface area contributed by atoms with Gasteiger partial charge in [-0.05, 0) is 37.1 Å². The topological polar surface area (TPSA) is 75.4 Å². The van der Waals surface area contributed by atoms with Gasteiger partial charge in [0.25, 0.3) is 5.91 Å². The highest BCUT2D eigenvalue weighted by atomic mass is 16.2. The SMILES string of the molecule is CC(C)NC(=O)[C@@H]1C[C@H](N)CN1C(=O)c1cccc2ccccc12. The second-order valence-electron chi connectivity index (χ2n) is 6.66. The molecule has 1 aliphatic rings. The van der Waals surface area contributed by atoms with E-state index in [2.05, 4.69) is 5.32 Å². The van der Waals surface area contributed by atoms with E-state index in [-0.39, 0.29) is 23.9 Å². The third kappa shape index (κ3) is 3.12. The molecule has 5 nitrogen and oxygen atoms in total. The van der Waals surface area contributed by atoms with Gasteiger partial charge >= 0.3 is 0 Å². The van der Waals surface area contributed by atoms with Gasteiger partial charge in [0.15, 0.2) is 0 Å². The smallest absolute Gasteiger partial charge is 0.255 e. The lowest BCUT2D eigenvalue weighted by Crippen LogP contribution is -2.47. The number of hydrogen-bond donors (Lipinski definition) is 2. The van der Waals surface area contributed by atoms with Crippen LogP contribution < -0.4 is 11.1 Å². The Morgan fingerprint density at radius 2 is 1.88 bits per heavy atom. The molecule has 0 spiro atoms. The van der Waals surface area contributed by atoms with Gasteiger partial charge in [-0.25, -0.2) is 0 Å². The highest BCUT2D eigenvalue weighted by molar-refractivity contribution is 6.08. The van der Waals surface area contributed by atoms with E-state index in [0.717, 1.165) is 10.8 Å². The van der Waals surface area contributed by atoms with Crippen molar-refractivity contribution in [1.29, 1.82) is 0 Å². The molecular formula is C19H23N3O2. The van der Waals surface area contributed by atoms with Crippen LogP contribution in [0.25, 0.3) is 10.8 Å². The second kappa shape index (κ2) is 6.61. The first-order valence-electron chi connectivity index (χ1n) is 8.32. The van der Waals surface area contributed by atoms with Crippen molar-refractivity contribution >= 4 is 22.6 Å². The maximum Gasteiger partial charge on any atom is 0.255 e. The minimum atomic E-state index is -0.506. The van der Waals surface area contributed by atoms with Gasteiger partial charge in [0, 0.05) is 24.2 Å². The van der Waals surface area contributed by atoms with E-state index in [4.69, 9.17) is 5.73 Å². The molecule has 5 heteroatoms. The number of hydrogen-bond acceptors (Lipinski definition) is 3. The third-order valence-electron chi connectivity index (χ3n) is 4.35. The van der Waals surface area contributed by atoms with E-state index in [0.29, 0.717) is 18.5 Å². The van der Waals surface area contributed by atoms with E-state index in [1.54, 1.807) is 4.90 Å². The van der Waals surface area contributed by atoms with Gasteiger partial charge < -0.3 is 16.0 Å². The summed E-state index contributed by atoms with van der Waals surface area (Å²) in [6.45, 7) is 4.21. The van der Waals surface area contributed by atoms with E-state index >= 15 is 0 Å². The van der Waals surface area contributed by atoms with Crippen LogP contribution in [-0.2, 0) is 4.79 Å². The van der Waals surface area contributed by atoms with Gasteiger partial charge in [0.05, 0.1) is 0 Å². The molecule has 2 amide bonds. The molecule has 1 aliphatic heterocycles. The van der Waals surface area contributed by atoms with Crippen LogP contribution in [0.4, 0.5) is 0 Å². The highest BCUT2D eigenvalue weighted by Crippen LogP contribution is 2.24. The van der Waals surface area contributed by atoms with E-state index < -0.39 is 6.04 Å². The Morgan fingerprint density at radius 1 is 1.17 bits per heavy atom. The minimum absolute atomic E-state index is 0.0313. The Hall–Kier alpha value is -2.40. The van der Waals surface area contributed by atoms with E-state index in [9.17, 15) is 9.59 Å². The van der Waals surface area contributed by atoms with Crippen molar-refractivity contribution in [2.24, 2.45) is 5.73 Å². The summed E-state index contributed by atoms with van der Waals surface area (Å²) in [7, 11) is 0. The molecule has 0 aliphatic carbocycles. The zero-order valence-electron chi connectivity index (χ0n) is 14.0. The van der Waals surface area contributed by atoms with Crippen LogP contribution in [0, 0.1) is 0 Å². The molecular weight excluding hydrogens is 302 g/mol. The predicted octanol–water partition coefficient (Wildman–Crippen LogP) is 1.91. The molecule has 0 saturated carbocycles. The summed E-state index contributed by atoms with van der Waals surface area (Å²) in [5, 5.41) is 4.80. The maximum atomic E-state index is 13.1. The van der Waals surface area contributed by atoms with Gasteiger partial charge in [-0.3, -0.25) is 9.59 Å². The minimum Gasteiger partial charge on any atom is -0.352 e. The molecule has 3 N–H and O–H groups in total. The maximum absolute atomic E-state index is 13.1. The van der Waals surface area contributed by atoms with Crippen molar-refractivity contribution in [2.75, 3.05) is 6.54 Å². The number of nitrogens with two attached hydrogens (primary N) is 1. The van der Waals surface area contributed by atoms with Crippen LogP contribution in [0.1, 0.15) is 30.6 Å². The molecule has 24 heavy (non-hydrogen) atoms. The summed E-state index contributed by atoms with van der Waals surface area (Å²) < 4.78 is 0. The third-order valence-corrected chi connectivity index (χ3v) is 4.35. The van der Waals surface area contributed by atoms with Crippen molar-refractivity contribution in [2.45, 2.75) is 38.4 Å². The summed E-state index contributed by atoms with van der Waals surface area (Å²) in [6.07, 6.45) is 0.495. The first-order chi connectivity index (χ1) is 11.5. The molecule has 1 heterocycles. The fraction of sp³-hybridized carbons (Fsp3) is 0.368. The van der Waals surface area contributed by atoms with Crippen LogP contribution in [0.5, 0.6) is 0 Å². The number of fused-ring (bicyclic) bond motifs is 1. The number of likely N-dealkylation sites (tertiary alicyclic amines) is 1. The molecule has 0 aromatic heterocycles. The quantitative estimate of drug-likeness (QED) is 0.905. The Morgan fingerprint density at radius 3 is 2.62 bits per heavy atom. The first kappa shape index (κ1) is 16.5. The monoisotopic (exact) mass is 325 g/mol. The first-order valence-corrected chi connectivity index (χ1v) is 8.32. The van der Waals surface area contributed by atoms with Gasteiger partial charge in [-0.2, -0.15) is 0 Å². The van der Waals surface area contributed by atoms with Crippen molar-refractivity contribution in [3.63, 3.8) is 0 Å². The molecule has 1 fully saturated rings. The number of benzene rings is 2. The highest BCUT2D eigenvalue weighted by Gasteiger charge is 2.38. The van der Waals surface area contributed by atoms with Gasteiger partial charge in [-0.15, -0.1) is 0 Å². The average Bonchev–Trinajstić information content (AvgIpc) is 2.95. The summed E-state index contributed by atoms with van der Waals surface area (Å²) in [5.41, 5.74) is 6.65. The van der Waals surface area contributed by atoms with Gasteiger partial charge in [0.1, 0.15) is 6.04 Å². The number of carbonyl (C=O) groups excluding carboxylic acids is 2. The Bertz CT molecular complexity index is 767. The van der Waals surface area contributed by atoms with Crippen molar-refractivity contribution in [3.05, 3.63) is 48.0 Å². The summed E-state index contributed by atoms with van der Waals surface area (Å²) in [6, 6.07) is 12.8. The van der Waals surface area contributed by atoms with Gasteiger partial charge in [0.2, 0.25) is 5.91 Å².